The van der Waals surface area contributed by atoms with Crippen LogP contribution < -0.4 is 11.1 Å². The molecule has 0 aliphatic heterocycles. The van der Waals surface area contributed by atoms with Gasteiger partial charge >= 0.3 is 6.09 Å². The molecule has 1 amide bonds. The number of nitrogens with one attached hydrogen (secondary N) is 1. The first-order valence-electron chi connectivity index (χ1n) is 6.09. The van der Waals surface area contributed by atoms with Crippen LogP contribution in [0.3, 0.4) is 0 Å². The number of ether oxygens (including phenoxy) is 1. The Hall–Kier alpha value is -1.08. The van der Waals surface area contributed by atoms with Gasteiger partial charge in [0.15, 0.2) is 0 Å². The van der Waals surface area contributed by atoms with Gasteiger partial charge in [0.1, 0.15) is 10.2 Å². The first-order chi connectivity index (χ1) is 8.73. The van der Waals surface area contributed by atoms with Crippen molar-refractivity contribution in [2.75, 3.05) is 13.1 Å². The molecular weight excluding hydrogens is 312 g/mol. The van der Waals surface area contributed by atoms with Crippen molar-refractivity contribution in [2.45, 2.75) is 32.3 Å². The molecule has 1 rings (SSSR count). The van der Waals surface area contributed by atoms with E-state index >= 15 is 0 Å². The van der Waals surface area contributed by atoms with Gasteiger partial charge in [0.05, 0.1) is 0 Å². The molecule has 1 heterocycles. The van der Waals surface area contributed by atoms with E-state index in [-0.39, 0.29) is 5.92 Å². The minimum Gasteiger partial charge on any atom is -0.444 e. The molecule has 0 fully saturated rings. The Bertz CT molecular complexity index is 439. The second kappa shape index (κ2) is 6.38. The summed E-state index contributed by atoms with van der Waals surface area (Å²) < 4.78 is 7.68. The number of rotatable bonds is 4. The van der Waals surface area contributed by atoms with Gasteiger partial charge in [-0.15, -0.1) is 0 Å². The van der Waals surface area contributed by atoms with E-state index in [1.807, 2.05) is 33.9 Å². The Balaban J connectivity index is 2.59. The monoisotopic (exact) mass is 332 g/mol. The molecule has 0 saturated heterocycles. The Morgan fingerprint density at radius 3 is 2.68 bits per heavy atom. The van der Waals surface area contributed by atoms with Crippen molar-refractivity contribution < 1.29 is 9.53 Å². The summed E-state index contributed by atoms with van der Waals surface area (Å²) in [5.41, 5.74) is 6.21. The first kappa shape index (κ1) is 16.0. The molecule has 1 unspecified atom stereocenters. The number of nitrogens with zero attached hydrogens (tertiary/aromatic N) is 2. The highest BCUT2D eigenvalue weighted by Gasteiger charge is 2.19. The number of carbonyl (C=O) groups is 1. The van der Waals surface area contributed by atoms with Gasteiger partial charge in [0, 0.05) is 31.7 Å². The Morgan fingerprint density at radius 2 is 2.26 bits per heavy atom. The fourth-order valence-corrected chi connectivity index (χ4v) is 2.13. The van der Waals surface area contributed by atoms with E-state index in [4.69, 9.17) is 10.5 Å². The van der Waals surface area contributed by atoms with Crippen molar-refractivity contribution in [3.05, 3.63) is 16.4 Å². The quantitative estimate of drug-likeness (QED) is 0.879. The van der Waals surface area contributed by atoms with Crippen LogP contribution >= 0.6 is 15.9 Å². The van der Waals surface area contributed by atoms with Crippen molar-refractivity contribution in [2.24, 2.45) is 12.8 Å². The SMILES string of the molecule is Cn1nc(Br)cc1C(CN)CNC(=O)OC(C)(C)C. The number of aryl methyl sites for hydroxylation is 1. The van der Waals surface area contributed by atoms with E-state index in [1.165, 1.54) is 0 Å². The summed E-state index contributed by atoms with van der Waals surface area (Å²) in [7, 11) is 1.84. The Labute approximate surface area is 121 Å². The molecule has 1 aromatic heterocycles. The van der Waals surface area contributed by atoms with Crippen LogP contribution in [-0.2, 0) is 11.8 Å². The molecular formula is C12H21BrN4O2. The third kappa shape index (κ3) is 5.20. The number of carbonyl (C=O) groups excluding carboxylic acids is 1. The van der Waals surface area contributed by atoms with Crippen molar-refractivity contribution in [1.82, 2.24) is 15.1 Å². The van der Waals surface area contributed by atoms with Gasteiger partial charge in [-0.05, 0) is 42.8 Å². The van der Waals surface area contributed by atoms with Crippen molar-refractivity contribution in [3.8, 4) is 0 Å². The van der Waals surface area contributed by atoms with Crippen molar-refractivity contribution in [3.63, 3.8) is 0 Å². The van der Waals surface area contributed by atoms with E-state index in [2.05, 4.69) is 26.3 Å². The highest BCUT2D eigenvalue weighted by atomic mass is 79.9. The van der Waals surface area contributed by atoms with E-state index in [0.29, 0.717) is 13.1 Å². The normalized spacial score (nSPS) is 13.2. The van der Waals surface area contributed by atoms with Gasteiger partial charge in [-0.2, -0.15) is 5.10 Å². The number of alkyl carbamates (subject to hydrolysis) is 1. The van der Waals surface area contributed by atoms with Crippen LogP contribution in [0.2, 0.25) is 0 Å². The molecule has 6 nitrogen and oxygen atoms in total. The van der Waals surface area contributed by atoms with Crippen molar-refractivity contribution >= 4 is 22.0 Å². The lowest BCUT2D eigenvalue weighted by Gasteiger charge is -2.21. The Kier molecular flexibility index (Phi) is 5.37. The molecule has 3 N–H and O–H groups in total. The molecule has 1 atom stereocenters. The van der Waals surface area contributed by atoms with Crippen LogP contribution in [0.15, 0.2) is 10.7 Å². The average molecular weight is 333 g/mol. The Morgan fingerprint density at radius 1 is 1.63 bits per heavy atom. The van der Waals surface area contributed by atoms with Crippen LogP contribution in [-0.4, -0.2) is 34.6 Å². The van der Waals surface area contributed by atoms with Crippen LogP contribution in [0, 0.1) is 0 Å². The summed E-state index contributed by atoms with van der Waals surface area (Å²) >= 11 is 3.32. The zero-order valence-electron chi connectivity index (χ0n) is 11.7. The standard InChI is InChI=1S/C12H21BrN4O2/c1-12(2,3)19-11(18)15-7-8(6-14)9-5-10(13)16-17(9)4/h5,8H,6-7,14H2,1-4H3,(H,15,18). The summed E-state index contributed by atoms with van der Waals surface area (Å²) in [6, 6.07) is 1.90. The van der Waals surface area contributed by atoms with E-state index in [9.17, 15) is 4.79 Å². The van der Waals surface area contributed by atoms with Gasteiger partial charge in [0.25, 0.3) is 0 Å². The number of aromatic nitrogens is 2. The minimum absolute atomic E-state index is 0.00341. The van der Waals surface area contributed by atoms with Crippen molar-refractivity contribution in [1.29, 1.82) is 0 Å². The maximum Gasteiger partial charge on any atom is 0.407 e. The molecule has 108 valence electrons. The fraction of sp³-hybridized carbons (Fsp3) is 0.667. The topological polar surface area (TPSA) is 82.2 Å². The summed E-state index contributed by atoms with van der Waals surface area (Å²) in [6.07, 6.45) is -0.438. The highest BCUT2D eigenvalue weighted by molar-refractivity contribution is 9.10. The van der Waals surface area contributed by atoms with Crippen LogP contribution in [0.25, 0.3) is 0 Å². The molecule has 1 aromatic rings. The van der Waals surface area contributed by atoms with Gasteiger partial charge < -0.3 is 15.8 Å². The number of nitrogens with two attached hydrogens (primary N) is 1. The smallest absolute Gasteiger partial charge is 0.407 e. The molecule has 0 spiro atoms. The second-order valence-corrected chi connectivity index (χ2v) is 6.14. The third-order valence-electron chi connectivity index (χ3n) is 2.48. The summed E-state index contributed by atoms with van der Waals surface area (Å²) in [4.78, 5) is 11.6. The average Bonchev–Trinajstić information content (AvgIpc) is 2.56. The lowest BCUT2D eigenvalue weighted by molar-refractivity contribution is 0.0524. The van der Waals surface area contributed by atoms with Gasteiger partial charge in [0.2, 0.25) is 0 Å². The van der Waals surface area contributed by atoms with E-state index in [0.717, 1.165) is 10.3 Å². The molecule has 0 aliphatic rings. The van der Waals surface area contributed by atoms with Crippen LogP contribution in [0.1, 0.15) is 32.4 Å². The van der Waals surface area contributed by atoms with Crippen LogP contribution in [0.5, 0.6) is 0 Å². The van der Waals surface area contributed by atoms with Crippen LogP contribution in [0.4, 0.5) is 4.79 Å². The molecule has 19 heavy (non-hydrogen) atoms. The lowest BCUT2D eigenvalue weighted by atomic mass is 10.1. The highest BCUT2D eigenvalue weighted by Crippen LogP contribution is 2.18. The summed E-state index contributed by atoms with van der Waals surface area (Å²) in [5, 5.41) is 6.93. The zero-order valence-corrected chi connectivity index (χ0v) is 13.3. The summed E-state index contributed by atoms with van der Waals surface area (Å²) in [6.45, 7) is 6.31. The number of amides is 1. The maximum atomic E-state index is 11.6. The molecule has 0 radical (unpaired) electrons. The largest absolute Gasteiger partial charge is 0.444 e. The zero-order chi connectivity index (χ0) is 14.6. The van der Waals surface area contributed by atoms with Gasteiger partial charge in [-0.25, -0.2) is 4.79 Å². The maximum absolute atomic E-state index is 11.6. The predicted molar refractivity (Wildman–Crippen MR) is 76.9 cm³/mol. The lowest BCUT2D eigenvalue weighted by Crippen LogP contribution is -2.36. The second-order valence-electron chi connectivity index (χ2n) is 5.33. The molecule has 0 saturated carbocycles. The molecule has 7 heteroatoms. The fourth-order valence-electron chi connectivity index (χ4n) is 1.66. The number of halogens is 1. The molecule has 0 aromatic carbocycles. The van der Waals surface area contributed by atoms with Gasteiger partial charge in [-0.1, -0.05) is 0 Å². The number of hydrogen-bond donors (Lipinski definition) is 2. The predicted octanol–water partition coefficient (Wildman–Crippen LogP) is 1.75. The van der Waals surface area contributed by atoms with E-state index < -0.39 is 11.7 Å². The minimum atomic E-state index is -0.502. The summed E-state index contributed by atoms with van der Waals surface area (Å²) in [5.74, 6) is -0.00341. The van der Waals surface area contributed by atoms with Gasteiger partial charge in [-0.3, -0.25) is 4.68 Å². The van der Waals surface area contributed by atoms with E-state index in [1.54, 1.807) is 4.68 Å². The number of hydrogen-bond acceptors (Lipinski definition) is 4. The first-order valence-corrected chi connectivity index (χ1v) is 6.88. The molecule has 0 bridgehead atoms. The molecule has 0 aliphatic carbocycles. The third-order valence-corrected chi connectivity index (χ3v) is 2.87.